The topological polar surface area (TPSA) is 64.4 Å². The molecule has 1 amide bonds. The van der Waals surface area contributed by atoms with Gasteiger partial charge in [0.05, 0.1) is 0 Å². The third-order valence-electron chi connectivity index (χ3n) is 4.10. The Morgan fingerprint density at radius 1 is 1.11 bits per heavy atom. The Labute approximate surface area is 175 Å². The SMILES string of the molecule is Cc1cccc(OCC(=O)Nc2ccc3oc(-c4cccc(I)c4)nc3c2)c1. The molecule has 1 N–H and O–H groups in total. The lowest BCUT2D eigenvalue weighted by Crippen LogP contribution is -2.20. The Morgan fingerprint density at radius 2 is 1.96 bits per heavy atom. The fourth-order valence-electron chi connectivity index (χ4n) is 2.80. The highest BCUT2D eigenvalue weighted by Gasteiger charge is 2.11. The molecule has 0 saturated heterocycles. The molecule has 0 fully saturated rings. The number of carbonyl (C=O) groups excluding carboxylic acids is 1. The summed E-state index contributed by atoms with van der Waals surface area (Å²) >= 11 is 2.25. The number of anilines is 1. The van der Waals surface area contributed by atoms with Crippen LogP contribution in [0.2, 0.25) is 0 Å². The molecule has 0 spiro atoms. The van der Waals surface area contributed by atoms with E-state index in [1.54, 1.807) is 18.2 Å². The lowest BCUT2D eigenvalue weighted by Gasteiger charge is -2.08. The van der Waals surface area contributed by atoms with Crippen molar-refractivity contribution in [1.82, 2.24) is 4.98 Å². The summed E-state index contributed by atoms with van der Waals surface area (Å²) in [6, 6.07) is 20.9. The average Bonchev–Trinajstić information content (AvgIpc) is 3.10. The Balaban J connectivity index is 1.46. The van der Waals surface area contributed by atoms with Gasteiger partial charge >= 0.3 is 0 Å². The van der Waals surface area contributed by atoms with Crippen molar-refractivity contribution in [3.63, 3.8) is 0 Å². The maximum atomic E-state index is 12.2. The summed E-state index contributed by atoms with van der Waals surface area (Å²) in [5, 5.41) is 2.83. The zero-order chi connectivity index (χ0) is 19.5. The molecule has 0 radical (unpaired) electrons. The number of fused-ring (bicyclic) bond motifs is 1. The molecule has 5 nitrogen and oxygen atoms in total. The van der Waals surface area contributed by atoms with Gasteiger partial charge in [0, 0.05) is 14.8 Å². The standard InChI is InChI=1S/C22H17IN2O3/c1-14-4-2-7-18(10-14)27-13-21(26)24-17-8-9-20-19(12-17)25-22(28-20)15-5-3-6-16(23)11-15/h2-12H,13H2,1H3,(H,24,26). The van der Waals surface area contributed by atoms with Crippen LogP contribution in [0.15, 0.2) is 71.1 Å². The van der Waals surface area contributed by atoms with Gasteiger partial charge in [-0.3, -0.25) is 4.79 Å². The summed E-state index contributed by atoms with van der Waals surface area (Å²) in [5.41, 5.74) is 4.00. The number of nitrogens with one attached hydrogen (secondary N) is 1. The van der Waals surface area contributed by atoms with Gasteiger partial charge in [0.1, 0.15) is 11.3 Å². The van der Waals surface area contributed by atoms with Crippen molar-refractivity contribution in [3.05, 3.63) is 75.9 Å². The van der Waals surface area contributed by atoms with E-state index in [0.717, 1.165) is 14.7 Å². The summed E-state index contributed by atoms with van der Waals surface area (Å²) in [7, 11) is 0. The normalized spacial score (nSPS) is 10.8. The summed E-state index contributed by atoms with van der Waals surface area (Å²) in [4.78, 5) is 16.7. The number of carbonyl (C=O) groups is 1. The number of hydrogen-bond donors (Lipinski definition) is 1. The molecule has 4 rings (SSSR count). The van der Waals surface area contributed by atoms with Gasteiger partial charge in [0.25, 0.3) is 5.91 Å². The Morgan fingerprint density at radius 3 is 2.79 bits per heavy atom. The molecular formula is C22H17IN2O3. The number of aryl methyl sites for hydroxylation is 1. The van der Waals surface area contributed by atoms with Crippen molar-refractivity contribution in [2.75, 3.05) is 11.9 Å². The zero-order valence-corrected chi connectivity index (χ0v) is 17.3. The fourth-order valence-corrected chi connectivity index (χ4v) is 3.34. The minimum Gasteiger partial charge on any atom is -0.484 e. The van der Waals surface area contributed by atoms with Crippen LogP contribution in [0, 0.1) is 10.5 Å². The summed E-state index contributed by atoms with van der Waals surface area (Å²) in [6.45, 7) is 1.92. The van der Waals surface area contributed by atoms with E-state index in [4.69, 9.17) is 9.15 Å². The van der Waals surface area contributed by atoms with E-state index in [0.29, 0.717) is 28.4 Å². The highest BCUT2D eigenvalue weighted by atomic mass is 127. The first-order valence-electron chi connectivity index (χ1n) is 8.73. The van der Waals surface area contributed by atoms with Crippen molar-refractivity contribution in [3.8, 4) is 17.2 Å². The highest BCUT2D eigenvalue weighted by molar-refractivity contribution is 14.1. The molecule has 1 heterocycles. The van der Waals surface area contributed by atoms with Crippen molar-refractivity contribution in [2.24, 2.45) is 0 Å². The molecule has 0 saturated carbocycles. The van der Waals surface area contributed by atoms with Crippen LogP contribution in [0.1, 0.15) is 5.56 Å². The van der Waals surface area contributed by atoms with Gasteiger partial charge in [0.2, 0.25) is 5.89 Å². The van der Waals surface area contributed by atoms with Gasteiger partial charge in [0.15, 0.2) is 12.2 Å². The second-order valence-corrected chi connectivity index (χ2v) is 7.61. The number of oxazole rings is 1. The average molecular weight is 484 g/mol. The number of ether oxygens (including phenoxy) is 1. The zero-order valence-electron chi connectivity index (χ0n) is 15.1. The fraction of sp³-hybridized carbons (Fsp3) is 0.0909. The molecule has 0 atom stereocenters. The number of benzene rings is 3. The molecule has 0 aliphatic heterocycles. The van der Waals surface area contributed by atoms with Gasteiger partial charge in [-0.1, -0.05) is 18.2 Å². The first-order valence-corrected chi connectivity index (χ1v) is 9.80. The van der Waals surface area contributed by atoms with Crippen LogP contribution in [0.25, 0.3) is 22.6 Å². The predicted molar refractivity (Wildman–Crippen MR) is 117 cm³/mol. The van der Waals surface area contributed by atoms with Crippen LogP contribution in [0.3, 0.4) is 0 Å². The number of hydrogen-bond acceptors (Lipinski definition) is 4. The molecule has 28 heavy (non-hydrogen) atoms. The molecule has 0 bridgehead atoms. The van der Waals surface area contributed by atoms with E-state index < -0.39 is 0 Å². The predicted octanol–water partition coefficient (Wildman–Crippen LogP) is 5.43. The van der Waals surface area contributed by atoms with E-state index >= 15 is 0 Å². The largest absolute Gasteiger partial charge is 0.484 e. The molecule has 0 aliphatic carbocycles. The summed E-state index contributed by atoms with van der Waals surface area (Å²) in [6.07, 6.45) is 0. The number of halogens is 1. The second-order valence-electron chi connectivity index (χ2n) is 6.37. The highest BCUT2D eigenvalue weighted by Crippen LogP contribution is 2.27. The number of rotatable bonds is 5. The van der Waals surface area contributed by atoms with Gasteiger partial charge in [-0.15, -0.1) is 0 Å². The minimum atomic E-state index is -0.234. The second kappa shape index (κ2) is 8.02. The van der Waals surface area contributed by atoms with Crippen LogP contribution >= 0.6 is 22.6 Å². The number of amides is 1. The van der Waals surface area contributed by atoms with Crippen LogP contribution in [0.4, 0.5) is 5.69 Å². The molecule has 3 aromatic carbocycles. The van der Waals surface area contributed by atoms with Crippen molar-refractivity contribution in [2.45, 2.75) is 6.92 Å². The van der Waals surface area contributed by atoms with Gasteiger partial charge in [-0.2, -0.15) is 0 Å². The lowest BCUT2D eigenvalue weighted by molar-refractivity contribution is -0.118. The minimum absolute atomic E-state index is 0.0615. The Hall–Kier alpha value is -2.87. The molecular weight excluding hydrogens is 467 g/mol. The van der Waals surface area contributed by atoms with E-state index in [9.17, 15) is 4.79 Å². The van der Waals surface area contributed by atoms with Crippen molar-refractivity contribution in [1.29, 1.82) is 0 Å². The molecule has 1 aromatic heterocycles. The van der Waals surface area contributed by atoms with Crippen LogP contribution in [-0.2, 0) is 4.79 Å². The molecule has 4 aromatic rings. The lowest BCUT2D eigenvalue weighted by atomic mass is 10.2. The monoisotopic (exact) mass is 484 g/mol. The van der Waals surface area contributed by atoms with Crippen LogP contribution in [0.5, 0.6) is 5.75 Å². The summed E-state index contributed by atoms with van der Waals surface area (Å²) < 4.78 is 12.5. The Bertz CT molecular complexity index is 1150. The van der Waals surface area contributed by atoms with Crippen LogP contribution in [-0.4, -0.2) is 17.5 Å². The van der Waals surface area contributed by atoms with Crippen LogP contribution < -0.4 is 10.1 Å². The van der Waals surface area contributed by atoms with Crippen molar-refractivity contribution >= 4 is 45.3 Å². The Kier molecular flexibility index (Phi) is 5.29. The molecule has 140 valence electrons. The third kappa shape index (κ3) is 4.33. The van der Waals surface area contributed by atoms with E-state index in [-0.39, 0.29) is 12.5 Å². The maximum absolute atomic E-state index is 12.2. The van der Waals surface area contributed by atoms with E-state index in [1.807, 2.05) is 55.5 Å². The molecule has 0 aliphatic rings. The van der Waals surface area contributed by atoms with Crippen molar-refractivity contribution < 1.29 is 13.9 Å². The smallest absolute Gasteiger partial charge is 0.262 e. The van der Waals surface area contributed by atoms with Gasteiger partial charge < -0.3 is 14.5 Å². The third-order valence-corrected chi connectivity index (χ3v) is 4.77. The first kappa shape index (κ1) is 18.5. The molecule has 0 unspecified atom stereocenters. The summed E-state index contributed by atoms with van der Waals surface area (Å²) in [5.74, 6) is 0.992. The maximum Gasteiger partial charge on any atom is 0.262 e. The number of aromatic nitrogens is 1. The number of nitrogens with zero attached hydrogens (tertiary/aromatic N) is 1. The van der Waals surface area contributed by atoms with E-state index in [1.165, 1.54) is 0 Å². The molecule has 6 heteroatoms. The van der Waals surface area contributed by atoms with E-state index in [2.05, 4.69) is 32.9 Å². The quantitative estimate of drug-likeness (QED) is 0.384. The van der Waals surface area contributed by atoms with Gasteiger partial charge in [-0.05, 0) is 83.6 Å². The first-order chi connectivity index (χ1) is 13.6. The van der Waals surface area contributed by atoms with Gasteiger partial charge in [-0.25, -0.2) is 4.98 Å².